The lowest BCUT2D eigenvalue weighted by atomic mass is 10.2. The van der Waals surface area contributed by atoms with Crippen LogP contribution in [0.25, 0.3) is 0 Å². The van der Waals surface area contributed by atoms with Crippen molar-refractivity contribution in [1.29, 1.82) is 0 Å². The van der Waals surface area contributed by atoms with Crippen molar-refractivity contribution >= 4 is 12.4 Å². The van der Waals surface area contributed by atoms with Gasteiger partial charge in [0.1, 0.15) is 5.75 Å². The van der Waals surface area contributed by atoms with Crippen LogP contribution in [-0.2, 0) is 6.54 Å². The highest BCUT2D eigenvalue weighted by molar-refractivity contribution is 5.85. The summed E-state index contributed by atoms with van der Waals surface area (Å²) in [6.07, 6.45) is -10.9. The molecule has 0 unspecified atom stereocenters. The van der Waals surface area contributed by atoms with Crippen LogP contribution in [0.3, 0.4) is 0 Å². The van der Waals surface area contributed by atoms with E-state index in [-0.39, 0.29) is 19.0 Å². The molecular weight excluding hydrogens is 269 g/mol. The van der Waals surface area contributed by atoms with Crippen molar-refractivity contribution in [1.82, 2.24) is 0 Å². The Morgan fingerprint density at radius 2 is 1.47 bits per heavy atom. The van der Waals surface area contributed by atoms with Gasteiger partial charge in [-0.3, -0.25) is 0 Å². The molecule has 2 nitrogen and oxygen atoms in total. The topological polar surface area (TPSA) is 35.2 Å². The number of ether oxygens (including phenoxy) is 1. The van der Waals surface area contributed by atoms with E-state index in [2.05, 4.69) is 4.74 Å². The first-order valence-corrected chi connectivity index (χ1v) is 4.19. The molecule has 98 valence electrons. The minimum Gasteiger partial charge on any atom is -0.426 e. The highest BCUT2D eigenvalue weighted by Crippen LogP contribution is 2.37. The second-order valence-electron chi connectivity index (χ2n) is 2.96. The normalized spacial score (nSPS) is 11.9. The zero-order valence-corrected chi connectivity index (χ0v) is 9.12. The zero-order valence-electron chi connectivity index (χ0n) is 8.30. The fourth-order valence-corrected chi connectivity index (χ4v) is 0.899. The molecule has 1 rings (SSSR count). The van der Waals surface area contributed by atoms with E-state index in [0.29, 0.717) is 5.56 Å². The van der Waals surface area contributed by atoms with Crippen LogP contribution in [0.4, 0.5) is 22.0 Å². The second kappa shape index (κ2) is 5.50. The van der Waals surface area contributed by atoms with E-state index >= 15 is 0 Å². The summed E-state index contributed by atoms with van der Waals surface area (Å²) in [4.78, 5) is 0. The predicted octanol–water partition coefficient (Wildman–Crippen LogP) is 3.10. The number of hydrogen-bond donors (Lipinski definition) is 1. The molecule has 0 bridgehead atoms. The van der Waals surface area contributed by atoms with Crippen molar-refractivity contribution in [3.63, 3.8) is 0 Å². The van der Waals surface area contributed by atoms with Gasteiger partial charge in [-0.05, 0) is 17.7 Å². The second-order valence-corrected chi connectivity index (χ2v) is 2.96. The molecule has 0 saturated heterocycles. The first-order valence-electron chi connectivity index (χ1n) is 4.19. The number of rotatable bonds is 3. The summed E-state index contributed by atoms with van der Waals surface area (Å²) in [7, 11) is 0. The molecule has 0 spiro atoms. The summed E-state index contributed by atoms with van der Waals surface area (Å²) in [6.45, 7) is 0.163. The highest BCUT2D eigenvalue weighted by atomic mass is 35.5. The number of hydrogen-bond acceptors (Lipinski definition) is 2. The minimum absolute atomic E-state index is 0. The fraction of sp³-hybridized carbons (Fsp3) is 0.333. The van der Waals surface area contributed by atoms with Gasteiger partial charge in [-0.2, -0.15) is 22.0 Å². The van der Waals surface area contributed by atoms with Crippen LogP contribution < -0.4 is 10.5 Å². The molecule has 1 aromatic rings. The third-order valence-electron chi connectivity index (χ3n) is 1.74. The van der Waals surface area contributed by atoms with Gasteiger partial charge in [0.25, 0.3) is 0 Å². The first kappa shape index (κ1) is 15.9. The van der Waals surface area contributed by atoms with Crippen molar-refractivity contribution in [3.8, 4) is 5.75 Å². The molecule has 0 heterocycles. The summed E-state index contributed by atoms with van der Waals surface area (Å²) in [6, 6.07) is 4.62. The van der Waals surface area contributed by atoms with Crippen LogP contribution in [0, 0.1) is 0 Å². The van der Waals surface area contributed by atoms with Gasteiger partial charge in [0.05, 0.1) is 0 Å². The molecule has 1 aromatic carbocycles. The van der Waals surface area contributed by atoms with Crippen molar-refractivity contribution in [2.75, 3.05) is 0 Å². The van der Waals surface area contributed by atoms with Crippen molar-refractivity contribution in [3.05, 3.63) is 29.8 Å². The Labute approximate surface area is 100.0 Å². The lowest BCUT2D eigenvalue weighted by Crippen LogP contribution is -2.41. The molecule has 2 N–H and O–H groups in total. The number of benzene rings is 1. The van der Waals surface area contributed by atoms with E-state index in [1.54, 1.807) is 0 Å². The van der Waals surface area contributed by atoms with E-state index in [1.165, 1.54) is 12.1 Å². The van der Waals surface area contributed by atoms with Gasteiger partial charge in [-0.1, -0.05) is 12.1 Å². The van der Waals surface area contributed by atoms with Gasteiger partial charge in [0.15, 0.2) is 0 Å². The summed E-state index contributed by atoms with van der Waals surface area (Å²) in [5.74, 6) is -0.570. The predicted molar refractivity (Wildman–Crippen MR) is 53.2 cm³/mol. The Bertz CT molecular complexity index is 351. The van der Waals surface area contributed by atoms with Gasteiger partial charge in [0, 0.05) is 6.54 Å². The maximum Gasteiger partial charge on any atom is 0.499 e. The van der Waals surface area contributed by atoms with Crippen LogP contribution in [0.1, 0.15) is 5.56 Å². The number of alkyl halides is 5. The van der Waals surface area contributed by atoms with Crippen LogP contribution in [0.2, 0.25) is 0 Å². The molecular formula is C9H9ClF5NO. The molecule has 0 atom stereocenters. The Hall–Kier alpha value is -1.08. The molecule has 0 radical (unpaired) electrons. The van der Waals surface area contributed by atoms with Crippen LogP contribution in [-0.4, -0.2) is 12.3 Å². The largest absolute Gasteiger partial charge is 0.499 e. The Morgan fingerprint density at radius 1 is 1.00 bits per heavy atom. The third kappa shape index (κ3) is 4.01. The number of nitrogens with two attached hydrogens (primary N) is 1. The highest BCUT2D eigenvalue weighted by Gasteiger charge is 2.61. The molecule has 0 aliphatic rings. The molecule has 0 aliphatic heterocycles. The van der Waals surface area contributed by atoms with E-state index < -0.39 is 18.0 Å². The van der Waals surface area contributed by atoms with E-state index in [0.717, 1.165) is 12.1 Å². The first-order chi connectivity index (χ1) is 7.26. The SMILES string of the molecule is Cl.NCc1ccc(OC(F)(F)C(F)(F)F)cc1. The van der Waals surface area contributed by atoms with Gasteiger partial charge < -0.3 is 10.5 Å². The standard InChI is InChI=1S/C9H8F5NO.ClH/c10-8(11,12)9(13,14)16-7-3-1-6(5-15)2-4-7;/h1-4H,5,15H2;1H. The van der Waals surface area contributed by atoms with Crippen molar-refractivity contribution < 1.29 is 26.7 Å². The Kier molecular flexibility index (Phi) is 5.15. The summed E-state index contributed by atoms with van der Waals surface area (Å²) < 4.78 is 63.7. The lowest BCUT2D eigenvalue weighted by Gasteiger charge is -2.20. The quantitative estimate of drug-likeness (QED) is 0.862. The number of halogens is 6. The zero-order chi connectivity index (χ0) is 12.4. The minimum atomic E-state index is -5.74. The third-order valence-corrected chi connectivity index (χ3v) is 1.74. The molecule has 0 saturated carbocycles. The lowest BCUT2D eigenvalue weighted by molar-refractivity contribution is -0.360. The Morgan fingerprint density at radius 3 is 1.82 bits per heavy atom. The summed E-state index contributed by atoms with van der Waals surface area (Å²) in [5.41, 5.74) is 5.83. The molecule has 8 heteroatoms. The van der Waals surface area contributed by atoms with E-state index in [9.17, 15) is 22.0 Å². The maximum absolute atomic E-state index is 12.4. The summed E-state index contributed by atoms with van der Waals surface area (Å²) in [5, 5.41) is 0. The van der Waals surface area contributed by atoms with Crippen LogP contribution >= 0.6 is 12.4 Å². The van der Waals surface area contributed by atoms with E-state index in [4.69, 9.17) is 5.73 Å². The average molecular weight is 278 g/mol. The maximum atomic E-state index is 12.4. The fourth-order valence-electron chi connectivity index (χ4n) is 0.899. The summed E-state index contributed by atoms with van der Waals surface area (Å²) >= 11 is 0. The molecule has 0 fully saturated rings. The molecule has 0 aromatic heterocycles. The van der Waals surface area contributed by atoms with Crippen LogP contribution in [0.15, 0.2) is 24.3 Å². The van der Waals surface area contributed by atoms with Crippen molar-refractivity contribution in [2.24, 2.45) is 5.73 Å². The Balaban J connectivity index is 0.00000256. The van der Waals surface area contributed by atoms with Gasteiger partial charge in [0.2, 0.25) is 0 Å². The van der Waals surface area contributed by atoms with Crippen LogP contribution in [0.5, 0.6) is 5.75 Å². The average Bonchev–Trinajstić information content (AvgIpc) is 2.16. The molecule has 0 amide bonds. The van der Waals surface area contributed by atoms with Gasteiger partial charge in [-0.15, -0.1) is 12.4 Å². The van der Waals surface area contributed by atoms with Gasteiger partial charge >= 0.3 is 12.3 Å². The van der Waals surface area contributed by atoms with Crippen molar-refractivity contribution in [2.45, 2.75) is 18.8 Å². The molecule has 0 aliphatic carbocycles. The monoisotopic (exact) mass is 277 g/mol. The van der Waals surface area contributed by atoms with E-state index in [1.807, 2.05) is 0 Å². The van der Waals surface area contributed by atoms with Gasteiger partial charge in [-0.25, -0.2) is 0 Å². The smallest absolute Gasteiger partial charge is 0.426 e. The molecule has 17 heavy (non-hydrogen) atoms.